The maximum absolute atomic E-state index is 14.2. The van der Waals surface area contributed by atoms with Gasteiger partial charge in [-0.05, 0) is 43.7 Å². The van der Waals surface area contributed by atoms with Gasteiger partial charge in [-0.15, -0.1) is 0 Å². The first kappa shape index (κ1) is 15.9. The summed E-state index contributed by atoms with van der Waals surface area (Å²) in [6.45, 7) is 4.38. The standard InChI is InChI=1S/C17H17FN4O2/c1-11-5-6-19-10-16(11)22-8-7-21(17(22)23)13-3-4-14(12(2)20-24)15(18)9-13/h3-6,9-10,24H,7-8H2,1-2H3. The molecule has 6 nitrogen and oxygen atoms in total. The Morgan fingerprint density at radius 3 is 2.71 bits per heavy atom. The highest BCUT2D eigenvalue weighted by Crippen LogP contribution is 2.28. The minimum absolute atomic E-state index is 0.180. The number of rotatable bonds is 3. The van der Waals surface area contributed by atoms with Crippen LogP contribution in [-0.2, 0) is 0 Å². The number of hydrogen-bond donors (Lipinski definition) is 1. The smallest absolute Gasteiger partial charge is 0.329 e. The van der Waals surface area contributed by atoms with Crippen LogP contribution in [0.25, 0.3) is 0 Å². The van der Waals surface area contributed by atoms with Gasteiger partial charge < -0.3 is 5.21 Å². The van der Waals surface area contributed by atoms with Gasteiger partial charge in [-0.3, -0.25) is 14.8 Å². The van der Waals surface area contributed by atoms with Gasteiger partial charge in [0.05, 0.1) is 17.6 Å². The molecule has 0 unspecified atom stereocenters. The van der Waals surface area contributed by atoms with Crippen molar-refractivity contribution in [3.05, 3.63) is 53.6 Å². The predicted octanol–water partition coefficient (Wildman–Crippen LogP) is 3.17. The Hall–Kier alpha value is -2.96. The van der Waals surface area contributed by atoms with Crippen molar-refractivity contribution >= 4 is 23.1 Å². The van der Waals surface area contributed by atoms with Crippen LogP contribution in [-0.4, -0.2) is 35.0 Å². The van der Waals surface area contributed by atoms with Gasteiger partial charge in [0.25, 0.3) is 0 Å². The van der Waals surface area contributed by atoms with Gasteiger partial charge in [0.2, 0.25) is 0 Å². The number of halogens is 1. The molecule has 0 aliphatic carbocycles. The summed E-state index contributed by atoms with van der Waals surface area (Å²) >= 11 is 0. The van der Waals surface area contributed by atoms with Crippen LogP contribution < -0.4 is 9.80 Å². The maximum atomic E-state index is 14.2. The van der Waals surface area contributed by atoms with E-state index in [1.54, 1.807) is 23.4 Å². The van der Waals surface area contributed by atoms with E-state index in [1.807, 2.05) is 13.0 Å². The number of nitrogens with zero attached hydrogens (tertiary/aromatic N) is 4. The van der Waals surface area contributed by atoms with E-state index < -0.39 is 5.82 Å². The van der Waals surface area contributed by atoms with Crippen LogP contribution >= 0.6 is 0 Å². The molecule has 2 amide bonds. The van der Waals surface area contributed by atoms with E-state index in [-0.39, 0.29) is 17.3 Å². The highest BCUT2D eigenvalue weighted by atomic mass is 19.1. The predicted molar refractivity (Wildman–Crippen MR) is 89.5 cm³/mol. The Bertz CT molecular complexity index is 822. The molecule has 1 aliphatic heterocycles. The summed E-state index contributed by atoms with van der Waals surface area (Å²) in [4.78, 5) is 19.9. The third kappa shape index (κ3) is 2.68. The number of carbonyl (C=O) groups is 1. The first-order valence-corrected chi connectivity index (χ1v) is 7.51. The zero-order valence-corrected chi connectivity index (χ0v) is 13.4. The van der Waals surface area contributed by atoms with Crippen LogP contribution in [0.3, 0.4) is 0 Å². The second kappa shape index (κ2) is 6.27. The molecule has 0 atom stereocenters. The Balaban J connectivity index is 1.88. The normalized spacial score (nSPS) is 15.3. The monoisotopic (exact) mass is 328 g/mol. The van der Waals surface area contributed by atoms with E-state index in [2.05, 4.69) is 10.1 Å². The first-order valence-electron chi connectivity index (χ1n) is 7.51. The van der Waals surface area contributed by atoms with Gasteiger partial charge >= 0.3 is 6.03 Å². The average Bonchev–Trinajstić information content (AvgIpc) is 2.96. The lowest BCUT2D eigenvalue weighted by atomic mass is 10.1. The van der Waals surface area contributed by atoms with Crippen LogP contribution in [0.1, 0.15) is 18.1 Å². The van der Waals surface area contributed by atoms with Gasteiger partial charge in [0.1, 0.15) is 5.82 Å². The van der Waals surface area contributed by atoms with E-state index in [0.717, 1.165) is 11.3 Å². The van der Waals surface area contributed by atoms with E-state index in [1.165, 1.54) is 24.0 Å². The summed E-state index contributed by atoms with van der Waals surface area (Å²) in [5, 5.41) is 11.8. The molecule has 1 aliphatic rings. The molecule has 1 N–H and O–H groups in total. The number of hydrogen-bond acceptors (Lipinski definition) is 4. The second-order valence-corrected chi connectivity index (χ2v) is 5.60. The third-order valence-electron chi connectivity index (χ3n) is 4.12. The lowest BCUT2D eigenvalue weighted by molar-refractivity contribution is 0.256. The zero-order valence-electron chi connectivity index (χ0n) is 13.4. The van der Waals surface area contributed by atoms with Crippen molar-refractivity contribution in [2.24, 2.45) is 5.16 Å². The minimum Gasteiger partial charge on any atom is -0.411 e. The number of urea groups is 1. The number of benzene rings is 1. The fraction of sp³-hybridized carbons (Fsp3) is 0.235. The second-order valence-electron chi connectivity index (χ2n) is 5.60. The Kier molecular flexibility index (Phi) is 4.16. The molecule has 2 aromatic rings. The summed E-state index contributed by atoms with van der Waals surface area (Å²) in [6.07, 6.45) is 3.33. The molecule has 1 aromatic heterocycles. The van der Waals surface area contributed by atoms with Crippen LogP contribution in [0.5, 0.6) is 0 Å². The largest absolute Gasteiger partial charge is 0.411 e. The molecular weight excluding hydrogens is 311 g/mol. The molecule has 0 radical (unpaired) electrons. The molecule has 1 saturated heterocycles. The molecule has 2 heterocycles. The molecule has 0 saturated carbocycles. The molecular formula is C17H17FN4O2. The van der Waals surface area contributed by atoms with Crippen molar-refractivity contribution in [1.82, 2.24) is 4.98 Å². The number of pyridine rings is 1. The first-order chi connectivity index (χ1) is 11.5. The maximum Gasteiger partial charge on any atom is 0.329 e. The van der Waals surface area contributed by atoms with Crippen molar-refractivity contribution < 1.29 is 14.4 Å². The highest BCUT2D eigenvalue weighted by molar-refractivity contribution is 6.06. The molecule has 24 heavy (non-hydrogen) atoms. The van der Waals surface area contributed by atoms with Crippen LogP contribution in [0.2, 0.25) is 0 Å². The topological polar surface area (TPSA) is 69.0 Å². The summed E-state index contributed by atoms with van der Waals surface area (Å²) in [6, 6.07) is 6.05. The molecule has 3 rings (SSSR count). The molecule has 7 heteroatoms. The van der Waals surface area contributed by atoms with Gasteiger partial charge in [-0.1, -0.05) is 5.16 Å². The Labute approximate surface area is 138 Å². The number of aromatic nitrogens is 1. The molecule has 124 valence electrons. The molecule has 0 spiro atoms. The van der Waals surface area contributed by atoms with Crippen molar-refractivity contribution in [3.8, 4) is 0 Å². The van der Waals surface area contributed by atoms with Gasteiger partial charge in [-0.2, -0.15) is 0 Å². The summed E-state index contributed by atoms with van der Waals surface area (Å²) in [5.41, 5.74) is 2.56. The summed E-state index contributed by atoms with van der Waals surface area (Å²) in [5.74, 6) is -0.536. The summed E-state index contributed by atoms with van der Waals surface area (Å²) in [7, 11) is 0. The SMILES string of the molecule is CC(=NO)c1ccc(N2CCN(c3cnccc3C)C2=O)cc1F. The van der Waals surface area contributed by atoms with E-state index in [4.69, 9.17) is 5.21 Å². The number of amides is 2. The van der Waals surface area contributed by atoms with Gasteiger partial charge in [0.15, 0.2) is 0 Å². The molecule has 1 fully saturated rings. The number of oxime groups is 1. The quantitative estimate of drug-likeness (QED) is 0.534. The van der Waals surface area contributed by atoms with Crippen LogP contribution in [0, 0.1) is 12.7 Å². The van der Waals surface area contributed by atoms with Gasteiger partial charge in [0, 0.05) is 30.5 Å². The van der Waals surface area contributed by atoms with Crippen molar-refractivity contribution in [3.63, 3.8) is 0 Å². The number of aryl methyl sites for hydroxylation is 1. The zero-order chi connectivity index (χ0) is 17.3. The lowest BCUT2D eigenvalue weighted by Gasteiger charge is -2.20. The van der Waals surface area contributed by atoms with E-state index in [9.17, 15) is 9.18 Å². The molecule has 0 bridgehead atoms. The van der Waals surface area contributed by atoms with Crippen LogP contribution in [0.4, 0.5) is 20.6 Å². The van der Waals surface area contributed by atoms with Crippen LogP contribution in [0.15, 0.2) is 41.8 Å². The lowest BCUT2D eigenvalue weighted by Crippen LogP contribution is -2.32. The van der Waals surface area contributed by atoms with Crippen molar-refractivity contribution in [2.75, 3.05) is 22.9 Å². The third-order valence-corrected chi connectivity index (χ3v) is 4.12. The number of carbonyl (C=O) groups excluding carboxylic acids is 1. The van der Waals surface area contributed by atoms with Crippen molar-refractivity contribution in [1.29, 1.82) is 0 Å². The van der Waals surface area contributed by atoms with E-state index >= 15 is 0 Å². The minimum atomic E-state index is -0.536. The molecule has 1 aromatic carbocycles. The summed E-state index contributed by atoms with van der Waals surface area (Å²) < 4.78 is 14.2. The van der Waals surface area contributed by atoms with E-state index in [0.29, 0.717) is 18.8 Å². The van der Waals surface area contributed by atoms with Crippen molar-refractivity contribution in [2.45, 2.75) is 13.8 Å². The highest BCUT2D eigenvalue weighted by Gasteiger charge is 2.31. The Morgan fingerprint density at radius 1 is 1.29 bits per heavy atom. The fourth-order valence-electron chi connectivity index (χ4n) is 2.76. The number of anilines is 2. The Morgan fingerprint density at radius 2 is 2.04 bits per heavy atom. The fourth-order valence-corrected chi connectivity index (χ4v) is 2.76. The average molecular weight is 328 g/mol. The van der Waals surface area contributed by atoms with Gasteiger partial charge in [-0.25, -0.2) is 9.18 Å².